The molecule has 2 nitrogen and oxygen atoms in total. The number of piperidine rings is 1. The van der Waals surface area contributed by atoms with E-state index in [9.17, 15) is 0 Å². The van der Waals surface area contributed by atoms with E-state index in [-0.39, 0.29) is 0 Å². The molecule has 0 saturated carbocycles. The molecule has 2 heteroatoms. The van der Waals surface area contributed by atoms with Crippen molar-refractivity contribution in [1.82, 2.24) is 4.90 Å². The normalized spacial score (nSPS) is 34.1. The molecule has 1 rings (SSSR count). The Morgan fingerprint density at radius 3 is 2.57 bits per heavy atom. The van der Waals surface area contributed by atoms with E-state index in [0.29, 0.717) is 12.0 Å². The maximum atomic E-state index is 5.73. The third-order valence-corrected chi connectivity index (χ3v) is 4.14. The second-order valence-corrected chi connectivity index (χ2v) is 5.05. The minimum atomic E-state index is 0.614. The summed E-state index contributed by atoms with van der Waals surface area (Å²) in [5.41, 5.74) is 5.73. The highest BCUT2D eigenvalue weighted by atomic mass is 15.2. The summed E-state index contributed by atoms with van der Waals surface area (Å²) < 4.78 is 0. The number of nitrogens with two attached hydrogens (primary N) is 1. The van der Waals surface area contributed by atoms with E-state index in [2.05, 4.69) is 32.6 Å². The number of likely N-dealkylation sites (tertiary alicyclic amines) is 1. The van der Waals surface area contributed by atoms with Crippen molar-refractivity contribution in [3.8, 4) is 0 Å². The minimum Gasteiger partial charge on any atom is -0.330 e. The van der Waals surface area contributed by atoms with E-state index in [4.69, 9.17) is 5.73 Å². The van der Waals surface area contributed by atoms with Crippen molar-refractivity contribution < 1.29 is 0 Å². The number of hydrogen-bond donors (Lipinski definition) is 1. The molecule has 4 unspecified atom stereocenters. The van der Waals surface area contributed by atoms with Gasteiger partial charge in [-0.3, -0.25) is 4.90 Å². The fourth-order valence-corrected chi connectivity index (χ4v) is 2.47. The first kappa shape index (κ1) is 12.0. The third-order valence-electron chi connectivity index (χ3n) is 4.14. The van der Waals surface area contributed by atoms with Gasteiger partial charge >= 0.3 is 0 Å². The van der Waals surface area contributed by atoms with Crippen molar-refractivity contribution >= 4 is 0 Å². The van der Waals surface area contributed by atoms with Gasteiger partial charge in [-0.05, 0) is 51.6 Å². The summed E-state index contributed by atoms with van der Waals surface area (Å²) in [7, 11) is 0. The molecule has 14 heavy (non-hydrogen) atoms. The van der Waals surface area contributed by atoms with Crippen LogP contribution in [-0.4, -0.2) is 30.1 Å². The van der Waals surface area contributed by atoms with Crippen LogP contribution in [0.5, 0.6) is 0 Å². The molecule has 4 atom stereocenters. The lowest BCUT2D eigenvalue weighted by Crippen LogP contribution is -2.50. The molecule has 2 N–H and O–H groups in total. The molecule has 1 fully saturated rings. The zero-order valence-electron chi connectivity index (χ0n) is 10.2. The van der Waals surface area contributed by atoms with Crippen molar-refractivity contribution in [2.45, 2.75) is 52.6 Å². The van der Waals surface area contributed by atoms with Crippen LogP contribution in [0.4, 0.5) is 0 Å². The Hall–Kier alpha value is -0.0800. The molecule has 0 aromatic heterocycles. The molecule has 1 saturated heterocycles. The SMILES string of the molecule is CC(CN)C(C)N1CCCC(C)C1C. The van der Waals surface area contributed by atoms with Crippen LogP contribution in [0.3, 0.4) is 0 Å². The van der Waals surface area contributed by atoms with Crippen molar-refractivity contribution in [1.29, 1.82) is 0 Å². The van der Waals surface area contributed by atoms with Gasteiger partial charge in [-0.15, -0.1) is 0 Å². The molecule has 0 radical (unpaired) electrons. The highest BCUT2D eigenvalue weighted by Crippen LogP contribution is 2.26. The van der Waals surface area contributed by atoms with E-state index in [1.807, 2.05) is 0 Å². The van der Waals surface area contributed by atoms with Crippen LogP contribution in [0, 0.1) is 11.8 Å². The number of hydrogen-bond acceptors (Lipinski definition) is 2. The molecule has 1 heterocycles. The molecule has 1 aliphatic heterocycles. The van der Waals surface area contributed by atoms with Gasteiger partial charge in [-0.2, -0.15) is 0 Å². The smallest absolute Gasteiger partial charge is 0.0107 e. The third kappa shape index (κ3) is 2.48. The van der Waals surface area contributed by atoms with E-state index in [0.717, 1.165) is 18.5 Å². The number of rotatable bonds is 3. The minimum absolute atomic E-state index is 0.614. The molecular weight excluding hydrogens is 172 g/mol. The van der Waals surface area contributed by atoms with Crippen LogP contribution in [0.1, 0.15) is 40.5 Å². The highest BCUT2D eigenvalue weighted by molar-refractivity contribution is 4.84. The molecular formula is C12H26N2. The molecule has 0 aromatic rings. The first-order chi connectivity index (χ1) is 6.57. The zero-order valence-corrected chi connectivity index (χ0v) is 10.2. The first-order valence-corrected chi connectivity index (χ1v) is 6.03. The van der Waals surface area contributed by atoms with Gasteiger partial charge < -0.3 is 5.73 Å². The van der Waals surface area contributed by atoms with Crippen LogP contribution in [0.15, 0.2) is 0 Å². The van der Waals surface area contributed by atoms with Crippen molar-refractivity contribution in [3.05, 3.63) is 0 Å². The topological polar surface area (TPSA) is 29.3 Å². The first-order valence-electron chi connectivity index (χ1n) is 6.03. The maximum Gasteiger partial charge on any atom is 0.0107 e. The molecule has 0 amide bonds. The molecule has 1 aliphatic rings. The number of nitrogens with zero attached hydrogens (tertiary/aromatic N) is 1. The van der Waals surface area contributed by atoms with Gasteiger partial charge in [0.05, 0.1) is 0 Å². The Bertz CT molecular complexity index is 170. The van der Waals surface area contributed by atoms with Crippen molar-refractivity contribution in [3.63, 3.8) is 0 Å². The second kappa shape index (κ2) is 5.13. The molecule has 0 spiro atoms. The van der Waals surface area contributed by atoms with Gasteiger partial charge in [-0.1, -0.05) is 13.8 Å². The molecule has 0 aliphatic carbocycles. The summed E-state index contributed by atoms with van der Waals surface area (Å²) >= 11 is 0. The average molecular weight is 198 g/mol. The highest BCUT2D eigenvalue weighted by Gasteiger charge is 2.29. The monoisotopic (exact) mass is 198 g/mol. The summed E-state index contributed by atoms with van der Waals surface area (Å²) in [5, 5.41) is 0. The summed E-state index contributed by atoms with van der Waals surface area (Å²) in [6, 6.07) is 1.37. The van der Waals surface area contributed by atoms with E-state index < -0.39 is 0 Å². The second-order valence-electron chi connectivity index (χ2n) is 5.05. The average Bonchev–Trinajstić information content (AvgIpc) is 2.20. The van der Waals surface area contributed by atoms with Gasteiger partial charge in [0.25, 0.3) is 0 Å². The van der Waals surface area contributed by atoms with Crippen LogP contribution in [0.25, 0.3) is 0 Å². The van der Waals surface area contributed by atoms with E-state index >= 15 is 0 Å². The lowest BCUT2D eigenvalue weighted by atomic mass is 9.88. The molecule has 0 bridgehead atoms. The summed E-state index contributed by atoms with van der Waals surface area (Å²) in [4.78, 5) is 2.64. The Balaban J connectivity index is 2.57. The van der Waals surface area contributed by atoms with Crippen LogP contribution >= 0.6 is 0 Å². The van der Waals surface area contributed by atoms with Crippen molar-refractivity contribution in [2.24, 2.45) is 17.6 Å². The summed E-state index contributed by atoms with van der Waals surface area (Å²) in [6.07, 6.45) is 2.74. The lowest BCUT2D eigenvalue weighted by molar-refractivity contribution is 0.0537. The van der Waals surface area contributed by atoms with Gasteiger partial charge in [-0.25, -0.2) is 0 Å². The van der Waals surface area contributed by atoms with Crippen LogP contribution in [0.2, 0.25) is 0 Å². The largest absolute Gasteiger partial charge is 0.330 e. The van der Waals surface area contributed by atoms with Gasteiger partial charge in [0.1, 0.15) is 0 Å². The van der Waals surface area contributed by atoms with Gasteiger partial charge in [0.15, 0.2) is 0 Å². The fourth-order valence-electron chi connectivity index (χ4n) is 2.47. The fraction of sp³-hybridized carbons (Fsp3) is 1.00. The molecule has 84 valence electrons. The Morgan fingerprint density at radius 2 is 2.00 bits per heavy atom. The van der Waals surface area contributed by atoms with Crippen LogP contribution in [-0.2, 0) is 0 Å². The summed E-state index contributed by atoms with van der Waals surface area (Å²) in [5.74, 6) is 1.46. The predicted molar refractivity (Wildman–Crippen MR) is 62.2 cm³/mol. The standard InChI is InChI=1S/C12H26N2/c1-9-6-5-7-14(11(9)3)12(4)10(2)8-13/h9-12H,5-8,13H2,1-4H3. The quantitative estimate of drug-likeness (QED) is 0.752. The lowest BCUT2D eigenvalue weighted by Gasteiger charge is -2.43. The Labute approximate surface area is 88.8 Å². The predicted octanol–water partition coefficient (Wildman–Crippen LogP) is 2.09. The Kier molecular flexibility index (Phi) is 4.39. The van der Waals surface area contributed by atoms with Crippen molar-refractivity contribution in [2.75, 3.05) is 13.1 Å². The Morgan fingerprint density at radius 1 is 1.36 bits per heavy atom. The van der Waals surface area contributed by atoms with Crippen LogP contribution < -0.4 is 5.73 Å². The van der Waals surface area contributed by atoms with Gasteiger partial charge in [0.2, 0.25) is 0 Å². The van der Waals surface area contributed by atoms with E-state index in [1.54, 1.807) is 0 Å². The van der Waals surface area contributed by atoms with E-state index in [1.165, 1.54) is 19.4 Å². The van der Waals surface area contributed by atoms with Gasteiger partial charge in [0, 0.05) is 12.1 Å². The summed E-state index contributed by atoms with van der Waals surface area (Å²) in [6.45, 7) is 11.4. The maximum absolute atomic E-state index is 5.73. The zero-order chi connectivity index (χ0) is 10.7. The molecule has 0 aromatic carbocycles.